The van der Waals surface area contributed by atoms with E-state index >= 15 is 0 Å². The lowest BCUT2D eigenvalue weighted by molar-refractivity contribution is -0.138. The minimum absolute atomic E-state index is 0.0908. The number of unbranched alkanes of at least 4 members (excludes halogenated alkanes) is 3. The van der Waals surface area contributed by atoms with Crippen LogP contribution >= 0.6 is 11.8 Å². The van der Waals surface area contributed by atoms with Gasteiger partial charge in [0, 0.05) is 37.8 Å². The molecule has 3 amide bonds. The fourth-order valence-electron chi connectivity index (χ4n) is 3.78. The summed E-state index contributed by atoms with van der Waals surface area (Å²) in [5.41, 5.74) is 0.0320. The van der Waals surface area contributed by atoms with E-state index in [0.29, 0.717) is 44.8 Å². The summed E-state index contributed by atoms with van der Waals surface area (Å²) < 4.78 is 10.8. The van der Waals surface area contributed by atoms with Crippen LogP contribution in [0.3, 0.4) is 0 Å². The maximum Gasteiger partial charge on any atom is 0.242 e. The number of nitrogens with zero attached hydrogens (tertiary/aromatic N) is 1. The monoisotopic (exact) mass is 542 g/mol. The molecule has 0 spiro atoms. The average molecular weight is 543 g/mol. The third kappa shape index (κ3) is 15.5. The van der Waals surface area contributed by atoms with Crippen molar-refractivity contribution in [1.29, 1.82) is 0 Å². The Hall–Kier alpha value is -1.45. The Balaban J connectivity index is 2.07. The van der Waals surface area contributed by atoms with Crippen LogP contribution in [0.5, 0.6) is 0 Å². The molecule has 37 heavy (non-hydrogen) atoms. The Morgan fingerprint density at radius 1 is 0.919 bits per heavy atom. The van der Waals surface area contributed by atoms with Crippen LogP contribution in [0.2, 0.25) is 0 Å². The number of nitrogens with one attached hydrogen (secondary N) is 1. The van der Waals surface area contributed by atoms with Gasteiger partial charge < -0.3 is 14.8 Å². The van der Waals surface area contributed by atoms with Crippen molar-refractivity contribution >= 4 is 35.3 Å². The number of imide groups is 1. The summed E-state index contributed by atoms with van der Waals surface area (Å²) in [6.45, 7) is 14.4. The van der Waals surface area contributed by atoms with Crippen LogP contribution in [-0.2, 0) is 28.7 Å². The minimum atomic E-state index is -0.348. The first-order chi connectivity index (χ1) is 17.3. The highest BCUT2D eigenvalue weighted by Crippen LogP contribution is 2.27. The topological polar surface area (TPSA) is 102 Å². The number of Topliss-reactive ketones (excluding diaryl/α,β-unsaturated/α-hetero) is 1. The number of ether oxygens (including phenoxy) is 2. The van der Waals surface area contributed by atoms with E-state index in [1.807, 2.05) is 20.8 Å². The maximum absolute atomic E-state index is 12.6. The van der Waals surface area contributed by atoms with E-state index in [1.165, 1.54) is 24.2 Å². The SMILES string of the molecule is CC(C)(C)CCCCCCSC1CC(=O)N(CCC(=O)NCCOCCOCCC(=O)C(C)(C)C)C1=O. The van der Waals surface area contributed by atoms with Crippen molar-refractivity contribution in [2.45, 2.75) is 98.2 Å². The second-order valence-corrected chi connectivity index (χ2v) is 13.2. The van der Waals surface area contributed by atoms with E-state index in [-0.39, 0.29) is 53.6 Å². The highest BCUT2D eigenvalue weighted by Gasteiger charge is 2.38. The maximum atomic E-state index is 12.6. The van der Waals surface area contributed by atoms with Gasteiger partial charge in [-0.05, 0) is 24.0 Å². The third-order valence-corrected chi connectivity index (χ3v) is 7.45. The number of hydrogen-bond acceptors (Lipinski definition) is 7. The first-order valence-corrected chi connectivity index (χ1v) is 14.8. The minimum Gasteiger partial charge on any atom is -0.379 e. The lowest BCUT2D eigenvalue weighted by Gasteiger charge is -2.17. The first kappa shape index (κ1) is 33.6. The molecule has 1 heterocycles. The second kappa shape index (κ2) is 17.2. The smallest absolute Gasteiger partial charge is 0.242 e. The molecule has 1 fully saturated rings. The van der Waals surface area contributed by atoms with Crippen molar-refractivity contribution in [2.75, 3.05) is 45.3 Å². The molecule has 214 valence electrons. The van der Waals surface area contributed by atoms with Gasteiger partial charge in [0.1, 0.15) is 5.78 Å². The Bertz CT molecular complexity index is 729. The van der Waals surface area contributed by atoms with Crippen molar-refractivity contribution in [3.8, 4) is 0 Å². The van der Waals surface area contributed by atoms with Crippen molar-refractivity contribution in [1.82, 2.24) is 10.2 Å². The normalized spacial score (nSPS) is 16.5. The summed E-state index contributed by atoms with van der Waals surface area (Å²) in [6.07, 6.45) is 6.57. The van der Waals surface area contributed by atoms with Gasteiger partial charge in [-0.25, -0.2) is 0 Å². The molecule has 9 heteroatoms. The first-order valence-electron chi connectivity index (χ1n) is 13.7. The number of amides is 3. The van der Waals surface area contributed by atoms with Crippen molar-refractivity contribution < 1.29 is 28.7 Å². The summed E-state index contributed by atoms with van der Waals surface area (Å²) in [5.74, 6) is 0.483. The van der Waals surface area contributed by atoms with Crippen LogP contribution in [0.15, 0.2) is 0 Å². The molecule has 0 aliphatic carbocycles. The van der Waals surface area contributed by atoms with Gasteiger partial charge >= 0.3 is 0 Å². The molecule has 8 nitrogen and oxygen atoms in total. The molecule has 1 rings (SSSR count). The molecule has 0 saturated carbocycles. The number of rotatable bonds is 19. The number of likely N-dealkylation sites (tertiary alicyclic amines) is 1. The van der Waals surface area contributed by atoms with Crippen LogP contribution < -0.4 is 5.32 Å². The second-order valence-electron chi connectivity index (χ2n) is 11.9. The van der Waals surface area contributed by atoms with Crippen LogP contribution in [0.1, 0.15) is 92.9 Å². The molecule has 1 aliphatic heterocycles. The largest absolute Gasteiger partial charge is 0.379 e. The fraction of sp³-hybridized carbons (Fsp3) is 0.857. The molecule has 1 atom stereocenters. The van der Waals surface area contributed by atoms with E-state index < -0.39 is 0 Å². The number of carbonyl (C=O) groups is 4. The zero-order valence-corrected chi connectivity index (χ0v) is 24.8. The van der Waals surface area contributed by atoms with Crippen molar-refractivity contribution in [2.24, 2.45) is 10.8 Å². The summed E-state index contributed by atoms with van der Waals surface area (Å²) in [5, 5.41) is 2.43. The van der Waals surface area contributed by atoms with Gasteiger partial charge in [0.2, 0.25) is 17.7 Å². The molecule has 1 unspecified atom stereocenters. The van der Waals surface area contributed by atoms with Gasteiger partial charge in [-0.1, -0.05) is 60.8 Å². The predicted molar refractivity (Wildman–Crippen MR) is 148 cm³/mol. The lowest BCUT2D eigenvalue weighted by Crippen LogP contribution is -2.36. The molecule has 0 aromatic heterocycles. The van der Waals surface area contributed by atoms with Crippen LogP contribution in [0.25, 0.3) is 0 Å². The zero-order valence-electron chi connectivity index (χ0n) is 24.0. The molecular formula is C28H50N2O6S. The van der Waals surface area contributed by atoms with Gasteiger partial charge in [-0.3, -0.25) is 24.1 Å². The predicted octanol–water partition coefficient (Wildman–Crippen LogP) is 4.39. The fourth-order valence-corrected chi connectivity index (χ4v) is 4.97. The lowest BCUT2D eigenvalue weighted by atomic mass is 9.89. The number of carbonyl (C=O) groups excluding carboxylic acids is 4. The molecule has 0 aromatic carbocycles. The molecule has 1 saturated heterocycles. The molecule has 0 bridgehead atoms. The summed E-state index contributed by atoms with van der Waals surface area (Å²) in [7, 11) is 0. The third-order valence-electron chi connectivity index (χ3n) is 6.16. The highest BCUT2D eigenvalue weighted by atomic mass is 32.2. The average Bonchev–Trinajstić information content (AvgIpc) is 3.06. The van der Waals surface area contributed by atoms with Gasteiger partial charge in [-0.15, -0.1) is 11.8 Å². The van der Waals surface area contributed by atoms with Crippen LogP contribution in [-0.4, -0.2) is 78.9 Å². The number of thioether (sulfide) groups is 1. The highest BCUT2D eigenvalue weighted by molar-refractivity contribution is 8.00. The Labute approximate surface area is 228 Å². The van der Waals surface area contributed by atoms with Gasteiger partial charge in [0.25, 0.3) is 0 Å². The molecular weight excluding hydrogens is 492 g/mol. The van der Waals surface area contributed by atoms with Gasteiger partial charge in [0.05, 0.1) is 31.7 Å². The van der Waals surface area contributed by atoms with Crippen molar-refractivity contribution in [3.05, 3.63) is 0 Å². The number of ketones is 1. The Morgan fingerprint density at radius 3 is 2.22 bits per heavy atom. The summed E-state index contributed by atoms with van der Waals surface area (Å²) >= 11 is 1.57. The standard InChI is InChI=1S/C28H50N2O6S/c1-27(2,3)13-9-7-8-10-20-37-22-21-25(33)30(26(22)34)15-11-24(32)29-14-17-36-19-18-35-16-12-23(31)28(4,5)6/h22H,7-21H2,1-6H3,(H,29,32). The van der Waals surface area contributed by atoms with E-state index in [1.54, 1.807) is 11.8 Å². The molecule has 1 aliphatic rings. The van der Waals surface area contributed by atoms with E-state index in [9.17, 15) is 19.2 Å². The molecule has 0 radical (unpaired) electrons. The molecule has 1 N–H and O–H groups in total. The van der Waals surface area contributed by atoms with Gasteiger partial charge in [0.15, 0.2) is 0 Å². The van der Waals surface area contributed by atoms with E-state index in [2.05, 4.69) is 26.1 Å². The zero-order chi connectivity index (χ0) is 27.9. The van der Waals surface area contributed by atoms with Crippen LogP contribution in [0, 0.1) is 10.8 Å². The van der Waals surface area contributed by atoms with Crippen LogP contribution in [0.4, 0.5) is 0 Å². The summed E-state index contributed by atoms with van der Waals surface area (Å²) in [6, 6.07) is 0. The quantitative estimate of drug-likeness (QED) is 0.191. The Kier molecular flexibility index (Phi) is 15.6. The Morgan fingerprint density at radius 2 is 1.57 bits per heavy atom. The van der Waals surface area contributed by atoms with Gasteiger partial charge in [-0.2, -0.15) is 0 Å². The van der Waals surface area contributed by atoms with Crippen molar-refractivity contribution in [3.63, 3.8) is 0 Å². The molecule has 0 aromatic rings. The van der Waals surface area contributed by atoms with E-state index in [0.717, 1.165) is 18.6 Å². The number of hydrogen-bond donors (Lipinski definition) is 1. The summed E-state index contributed by atoms with van der Waals surface area (Å²) in [4.78, 5) is 50.0. The van der Waals surface area contributed by atoms with E-state index in [4.69, 9.17) is 9.47 Å².